The van der Waals surface area contributed by atoms with Crippen LogP contribution >= 0.6 is 11.6 Å². The van der Waals surface area contributed by atoms with Gasteiger partial charge in [-0.25, -0.2) is 4.98 Å². The lowest BCUT2D eigenvalue weighted by Gasteiger charge is -2.32. The molecule has 1 fully saturated rings. The molecule has 0 radical (unpaired) electrons. The molecule has 20 heavy (non-hydrogen) atoms. The van der Waals surface area contributed by atoms with E-state index in [9.17, 15) is 0 Å². The van der Waals surface area contributed by atoms with Crippen molar-refractivity contribution in [3.05, 3.63) is 22.8 Å². The van der Waals surface area contributed by atoms with Crippen LogP contribution in [0.15, 0.2) is 12.1 Å². The second-order valence-electron chi connectivity index (χ2n) is 6.55. The molecular weight excluding hydrogens is 274 g/mol. The average Bonchev–Trinajstić information content (AvgIpc) is 2.46. The lowest BCUT2D eigenvalue weighted by atomic mass is 9.83. The van der Waals surface area contributed by atoms with Crippen LogP contribution in [-0.2, 0) is 15.9 Å². The molecule has 0 N–H and O–H groups in total. The third-order valence-corrected chi connectivity index (χ3v) is 4.06. The van der Waals surface area contributed by atoms with Gasteiger partial charge in [-0.15, -0.1) is 0 Å². The van der Waals surface area contributed by atoms with Crippen molar-refractivity contribution in [2.45, 2.75) is 45.4 Å². The second-order valence-corrected chi connectivity index (χ2v) is 6.94. The molecule has 0 atom stereocenters. The van der Waals surface area contributed by atoms with Crippen molar-refractivity contribution >= 4 is 24.3 Å². The Kier molecular flexibility index (Phi) is 4.18. The van der Waals surface area contributed by atoms with Gasteiger partial charge in [0.25, 0.3) is 0 Å². The predicted molar refractivity (Wildman–Crippen MR) is 82.4 cm³/mol. The van der Waals surface area contributed by atoms with Crippen molar-refractivity contribution in [1.29, 1.82) is 0 Å². The van der Waals surface area contributed by atoms with Gasteiger partial charge in [-0.1, -0.05) is 11.6 Å². The monoisotopic (exact) mass is 296 g/mol. The van der Waals surface area contributed by atoms with Gasteiger partial charge in [0.2, 0.25) is 0 Å². The van der Waals surface area contributed by atoms with Gasteiger partial charge in [0.05, 0.1) is 16.8 Å². The fourth-order valence-corrected chi connectivity index (χ4v) is 2.35. The Morgan fingerprint density at radius 1 is 1.15 bits per heavy atom. The summed E-state index contributed by atoms with van der Waals surface area (Å²) in [6.45, 7) is 8.90. The lowest BCUT2D eigenvalue weighted by Crippen LogP contribution is -2.41. The summed E-state index contributed by atoms with van der Waals surface area (Å²) in [6.07, 6.45) is 0. The largest absolute Gasteiger partial charge is 0.514 e. The second kappa shape index (κ2) is 5.30. The van der Waals surface area contributed by atoms with Gasteiger partial charge in [-0.3, -0.25) is 0 Å². The van der Waals surface area contributed by atoms with E-state index in [0.717, 1.165) is 17.7 Å². The van der Waals surface area contributed by atoms with Gasteiger partial charge < -0.3 is 14.2 Å². The van der Waals surface area contributed by atoms with Crippen LogP contribution in [-0.4, -0.2) is 42.3 Å². The molecule has 0 aromatic carbocycles. The first-order valence-electron chi connectivity index (χ1n) is 6.77. The zero-order valence-electron chi connectivity index (χ0n) is 13.0. The van der Waals surface area contributed by atoms with E-state index in [0.29, 0.717) is 5.15 Å². The highest BCUT2D eigenvalue weighted by atomic mass is 35.5. The first-order chi connectivity index (χ1) is 9.10. The minimum Gasteiger partial charge on any atom is -0.398 e. The molecule has 0 bridgehead atoms. The van der Waals surface area contributed by atoms with Gasteiger partial charge in [0, 0.05) is 6.54 Å². The van der Waals surface area contributed by atoms with Crippen molar-refractivity contribution in [3.63, 3.8) is 0 Å². The molecule has 0 saturated carbocycles. The molecule has 1 aliphatic heterocycles. The summed E-state index contributed by atoms with van der Waals surface area (Å²) in [6, 6.07) is 3.87. The van der Waals surface area contributed by atoms with Gasteiger partial charge in [0.1, 0.15) is 5.15 Å². The summed E-state index contributed by atoms with van der Waals surface area (Å²) in [4.78, 5) is 6.43. The number of hydrogen-bond acceptors (Lipinski definition) is 4. The molecule has 1 aliphatic rings. The summed E-state index contributed by atoms with van der Waals surface area (Å²) in [5.74, 6) is 0. The Hall–Kier alpha value is -0.615. The number of nitrogens with zero attached hydrogens (tertiary/aromatic N) is 2. The third kappa shape index (κ3) is 3.17. The van der Waals surface area contributed by atoms with Crippen LogP contribution in [0, 0.1) is 0 Å². The van der Waals surface area contributed by atoms with Gasteiger partial charge in [-0.2, -0.15) is 0 Å². The first kappa shape index (κ1) is 15.8. The summed E-state index contributed by atoms with van der Waals surface area (Å²) in [5.41, 5.74) is 1.08. The topological polar surface area (TPSA) is 34.6 Å². The van der Waals surface area contributed by atoms with Crippen molar-refractivity contribution < 1.29 is 9.31 Å². The summed E-state index contributed by atoms with van der Waals surface area (Å²) in [5, 5.41) is 0.467. The van der Waals surface area contributed by atoms with E-state index in [1.54, 1.807) is 0 Å². The molecule has 0 spiro atoms. The number of pyridine rings is 1. The molecule has 0 unspecified atom stereocenters. The molecule has 6 heteroatoms. The summed E-state index contributed by atoms with van der Waals surface area (Å²) >= 11 is 6.11. The van der Waals surface area contributed by atoms with E-state index in [1.165, 1.54) is 0 Å². The van der Waals surface area contributed by atoms with Crippen LogP contribution in [0.2, 0.25) is 5.15 Å². The molecular formula is C14H22BClN2O2. The minimum absolute atomic E-state index is 0.372. The molecule has 0 aliphatic carbocycles. The van der Waals surface area contributed by atoms with Gasteiger partial charge >= 0.3 is 7.12 Å². The fraction of sp³-hybridized carbons (Fsp3) is 0.643. The molecule has 0 amide bonds. The Bertz CT molecular complexity index is 490. The van der Waals surface area contributed by atoms with Crippen molar-refractivity contribution in [2.75, 3.05) is 14.1 Å². The highest BCUT2D eigenvalue weighted by Crippen LogP contribution is 2.36. The van der Waals surface area contributed by atoms with Crippen LogP contribution in [0.5, 0.6) is 0 Å². The van der Waals surface area contributed by atoms with E-state index in [-0.39, 0.29) is 11.2 Å². The van der Waals surface area contributed by atoms with E-state index in [1.807, 2.05) is 53.9 Å². The minimum atomic E-state index is -0.473. The van der Waals surface area contributed by atoms with Crippen molar-refractivity contribution in [2.24, 2.45) is 0 Å². The maximum atomic E-state index is 6.11. The van der Waals surface area contributed by atoms with Crippen LogP contribution in [0.4, 0.5) is 0 Å². The maximum absolute atomic E-state index is 6.11. The maximum Gasteiger partial charge on any atom is 0.514 e. The number of rotatable bonds is 3. The quantitative estimate of drug-likeness (QED) is 0.632. The molecule has 1 saturated heterocycles. The molecule has 4 nitrogen and oxygen atoms in total. The lowest BCUT2D eigenvalue weighted by molar-refractivity contribution is 0.00578. The van der Waals surface area contributed by atoms with E-state index in [4.69, 9.17) is 20.9 Å². The highest BCUT2D eigenvalue weighted by molar-refractivity contribution is 6.61. The third-order valence-electron chi connectivity index (χ3n) is 3.87. The molecule has 1 aromatic rings. The molecule has 110 valence electrons. The van der Waals surface area contributed by atoms with Crippen LogP contribution in [0.1, 0.15) is 33.3 Å². The highest BCUT2D eigenvalue weighted by Gasteiger charge is 2.52. The first-order valence-corrected chi connectivity index (χ1v) is 7.15. The average molecular weight is 297 g/mol. The van der Waals surface area contributed by atoms with Crippen LogP contribution < -0.4 is 5.59 Å². The molecule has 2 heterocycles. The van der Waals surface area contributed by atoms with Gasteiger partial charge in [0.15, 0.2) is 0 Å². The number of aromatic nitrogens is 1. The van der Waals surface area contributed by atoms with Crippen molar-refractivity contribution in [1.82, 2.24) is 9.88 Å². The normalized spacial score (nSPS) is 20.7. The Balaban J connectivity index is 2.28. The summed E-state index contributed by atoms with van der Waals surface area (Å²) < 4.78 is 12.0. The number of halogens is 1. The van der Waals surface area contributed by atoms with E-state index in [2.05, 4.69) is 9.88 Å². The Morgan fingerprint density at radius 3 is 2.20 bits per heavy atom. The molecule has 2 rings (SSSR count). The predicted octanol–water partition coefficient (Wildman–Crippen LogP) is 2.10. The fourth-order valence-electron chi connectivity index (χ4n) is 2.11. The SMILES string of the molecule is CN(C)Cc1cc(Cl)nc(B2OC(C)(C)C(C)(C)O2)c1. The Labute approximate surface area is 126 Å². The Morgan fingerprint density at radius 2 is 1.70 bits per heavy atom. The van der Waals surface area contributed by atoms with Crippen molar-refractivity contribution in [3.8, 4) is 0 Å². The van der Waals surface area contributed by atoms with E-state index >= 15 is 0 Å². The van der Waals surface area contributed by atoms with Crippen LogP contribution in [0.25, 0.3) is 0 Å². The summed E-state index contributed by atoms with van der Waals surface area (Å²) in [7, 11) is 3.56. The molecule has 1 aromatic heterocycles. The zero-order valence-corrected chi connectivity index (χ0v) is 13.8. The zero-order chi connectivity index (χ0) is 15.1. The van der Waals surface area contributed by atoms with Crippen LogP contribution in [0.3, 0.4) is 0 Å². The van der Waals surface area contributed by atoms with E-state index < -0.39 is 7.12 Å². The van der Waals surface area contributed by atoms with Gasteiger partial charge in [-0.05, 0) is 59.5 Å². The smallest absolute Gasteiger partial charge is 0.398 e. The standard InChI is InChI=1S/C14H22BClN2O2/c1-13(2)14(3,4)20-15(19-13)11-7-10(9-18(5)6)8-12(16)17-11/h7-8H,9H2,1-6H3. The number of hydrogen-bond donors (Lipinski definition) is 0.